The van der Waals surface area contributed by atoms with Crippen LogP contribution in [0.2, 0.25) is 0 Å². The van der Waals surface area contributed by atoms with Gasteiger partial charge in [0.2, 0.25) is 5.43 Å². The molecule has 18 heavy (non-hydrogen) atoms. The minimum atomic E-state index is -0.566. The highest BCUT2D eigenvalue weighted by Gasteiger charge is 2.16. The Balaban J connectivity index is 2.80. The minimum absolute atomic E-state index is 0.0844. The molecule has 0 amide bonds. The average Bonchev–Trinajstić information content (AvgIpc) is 2.33. The molecule has 0 aliphatic carbocycles. The molecule has 1 aromatic heterocycles. The second kappa shape index (κ2) is 4.64. The molecule has 0 atom stereocenters. The molecule has 0 saturated heterocycles. The maximum atomic E-state index is 12.3. The first-order valence-corrected chi connectivity index (χ1v) is 5.82. The molecular formula is C14H15NO3. The average molecular weight is 245 g/mol. The lowest BCUT2D eigenvalue weighted by molar-refractivity contribution is 0.0524. The van der Waals surface area contributed by atoms with E-state index in [4.69, 9.17) is 4.74 Å². The predicted octanol–water partition coefficient (Wildman–Crippen LogP) is 2.02. The van der Waals surface area contributed by atoms with Crippen molar-refractivity contribution in [2.45, 2.75) is 13.8 Å². The SMILES string of the molecule is CCOC(=O)c1cn(C)c2cccc(C)c2c1=O. The number of aromatic nitrogens is 1. The lowest BCUT2D eigenvalue weighted by Crippen LogP contribution is -2.20. The van der Waals surface area contributed by atoms with Gasteiger partial charge in [-0.3, -0.25) is 4.79 Å². The summed E-state index contributed by atoms with van der Waals surface area (Å²) in [5.41, 5.74) is 1.49. The summed E-state index contributed by atoms with van der Waals surface area (Å²) >= 11 is 0. The van der Waals surface area contributed by atoms with Crippen LogP contribution >= 0.6 is 0 Å². The number of carbonyl (C=O) groups excluding carboxylic acids is 1. The molecule has 0 bridgehead atoms. The van der Waals surface area contributed by atoms with Crippen molar-refractivity contribution in [1.29, 1.82) is 0 Å². The van der Waals surface area contributed by atoms with Gasteiger partial charge in [0.15, 0.2) is 0 Å². The van der Waals surface area contributed by atoms with Gasteiger partial charge in [-0.25, -0.2) is 4.79 Å². The van der Waals surface area contributed by atoms with E-state index in [1.165, 1.54) is 6.20 Å². The van der Waals surface area contributed by atoms with Crippen LogP contribution in [0.4, 0.5) is 0 Å². The monoisotopic (exact) mass is 245 g/mol. The van der Waals surface area contributed by atoms with Crippen LogP contribution in [0.15, 0.2) is 29.2 Å². The standard InChI is InChI=1S/C14H15NO3/c1-4-18-14(17)10-8-15(3)11-7-5-6-9(2)12(11)13(10)16/h5-8H,4H2,1-3H3. The summed E-state index contributed by atoms with van der Waals surface area (Å²) in [5, 5.41) is 0.575. The van der Waals surface area contributed by atoms with E-state index in [2.05, 4.69) is 0 Å². The molecule has 0 N–H and O–H groups in total. The van der Waals surface area contributed by atoms with Crippen molar-refractivity contribution in [2.75, 3.05) is 6.61 Å². The molecule has 0 spiro atoms. The molecular weight excluding hydrogens is 230 g/mol. The van der Waals surface area contributed by atoms with Gasteiger partial charge in [0.1, 0.15) is 5.56 Å². The van der Waals surface area contributed by atoms with Crippen molar-refractivity contribution in [3.05, 3.63) is 45.7 Å². The summed E-state index contributed by atoms with van der Waals surface area (Å²) in [6, 6.07) is 5.61. The van der Waals surface area contributed by atoms with E-state index in [0.29, 0.717) is 5.39 Å². The van der Waals surface area contributed by atoms with Gasteiger partial charge >= 0.3 is 5.97 Å². The first-order chi connectivity index (χ1) is 8.56. The Morgan fingerprint density at radius 2 is 2.11 bits per heavy atom. The zero-order chi connectivity index (χ0) is 13.3. The Bertz CT molecular complexity index is 671. The summed E-state index contributed by atoms with van der Waals surface area (Å²) in [4.78, 5) is 24.0. The molecule has 0 aliphatic heterocycles. The molecule has 2 rings (SSSR count). The highest BCUT2D eigenvalue weighted by molar-refractivity contribution is 5.94. The summed E-state index contributed by atoms with van der Waals surface area (Å²) in [7, 11) is 1.81. The van der Waals surface area contributed by atoms with Crippen LogP contribution in [-0.4, -0.2) is 17.1 Å². The Morgan fingerprint density at radius 1 is 1.39 bits per heavy atom. The van der Waals surface area contributed by atoms with E-state index in [9.17, 15) is 9.59 Å². The minimum Gasteiger partial charge on any atom is -0.462 e. The number of benzene rings is 1. The molecule has 0 aliphatic rings. The number of nitrogens with zero attached hydrogens (tertiary/aromatic N) is 1. The Kier molecular flexibility index (Phi) is 3.19. The number of carbonyl (C=O) groups is 1. The van der Waals surface area contributed by atoms with Gasteiger partial charge in [0.05, 0.1) is 12.1 Å². The maximum absolute atomic E-state index is 12.3. The van der Waals surface area contributed by atoms with Gasteiger partial charge in [0, 0.05) is 18.6 Å². The van der Waals surface area contributed by atoms with Gasteiger partial charge in [0.25, 0.3) is 0 Å². The number of hydrogen-bond donors (Lipinski definition) is 0. The quantitative estimate of drug-likeness (QED) is 0.760. The van der Waals surface area contributed by atoms with Crippen LogP contribution in [0.3, 0.4) is 0 Å². The molecule has 0 unspecified atom stereocenters. The topological polar surface area (TPSA) is 48.3 Å². The van der Waals surface area contributed by atoms with Crippen molar-refractivity contribution in [3.8, 4) is 0 Å². The van der Waals surface area contributed by atoms with Gasteiger partial charge in [-0.05, 0) is 25.5 Å². The van der Waals surface area contributed by atoms with E-state index in [0.717, 1.165) is 11.1 Å². The predicted molar refractivity (Wildman–Crippen MR) is 69.9 cm³/mol. The van der Waals surface area contributed by atoms with E-state index in [-0.39, 0.29) is 17.6 Å². The smallest absolute Gasteiger partial charge is 0.343 e. The van der Waals surface area contributed by atoms with E-state index < -0.39 is 5.97 Å². The first-order valence-electron chi connectivity index (χ1n) is 5.82. The summed E-state index contributed by atoms with van der Waals surface area (Å²) in [6.07, 6.45) is 1.53. The number of fused-ring (bicyclic) bond motifs is 1. The summed E-state index contributed by atoms with van der Waals surface area (Å²) < 4.78 is 6.67. The molecule has 4 heteroatoms. The summed E-state index contributed by atoms with van der Waals surface area (Å²) in [6.45, 7) is 3.83. The normalized spacial score (nSPS) is 10.6. The van der Waals surface area contributed by atoms with Gasteiger partial charge in [-0.15, -0.1) is 0 Å². The third kappa shape index (κ3) is 1.90. The summed E-state index contributed by atoms with van der Waals surface area (Å²) in [5.74, 6) is -0.566. The number of esters is 1. The van der Waals surface area contributed by atoms with Crippen LogP contribution in [0.5, 0.6) is 0 Å². The zero-order valence-electron chi connectivity index (χ0n) is 10.7. The van der Waals surface area contributed by atoms with E-state index >= 15 is 0 Å². The maximum Gasteiger partial charge on any atom is 0.343 e. The molecule has 0 radical (unpaired) electrons. The van der Waals surface area contributed by atoms with E-state index in [1.807, 2.05) is 32.2 Å². The fourth-order valence-corrected chi connectivity index (χ4v) is 2.05. The molecule has 0 saturated carbocycles. The van der Waals surface area contributed by atoms with Gasteiger partial charge in [-0.1, -0.05) is 12.1 Å². The molecule has 1 heterocycles. The van der Waals surface area contributed by atoms with Crippen LogP contribution in [-0.2, 0) is 11.8 Å². The number of aryl methyl sites for hydroxylation is 2. The van der Waals surface area contributed by atoms with Crippen molar-refractivity contribution in [2.24, 2.45) is 7.05 Å². The fraction of sp³-hybridized carbons (Fsp3) is 0.286. The third-order valence-electron chi connectivity index (χ3n) is 2.92. The largest absolute Gasteiger partial charge is 0.462 e. The van der Waals surface area contributed by atoms with Crippen molar-refractivity contribution < 1.29 is 9.53 Å². The second-order valence-electron chi connectivity index (χ2n) is 4.17. The van der Waals surface area contributed by atoms with Crippen LogP contribution in [0.1, 0.15) is 22.8 Å². The number of ether oxygens (including phenoxy) is 1. The molecule has 1 aromatic carbocycles. The fourth-order valence-electron chi connectivity index (χ4n) is 2.05. The lowest BCUT2D eigenvalue weighted by Gasteiger charge is -2.10. The molecule has 94 valence electrons. The van der Waals surface area contributed by atoms with Crippen LogP contribution in [0, 0.1) is 6.92 Å². The van der Waals surface area contributed by atoms with Crippen LogP contribution < -0.4 is 5.43 Å². The second-order valence-corrected chi connectivity index (χ2v) is 4.17. The first kappa shape index (κ1) is 12.4. The zero-order valence-corrected chi connectivity index (χ0v) is 10.7. The van der Waals surface area contributed by atoms with E-state index in [1.54, 1.807) is 11.5 Å². The number of hydrogen-bond acceptors (Lipinski definition) is 3. The number of pyridine rings is 1. The van der Waals surface area contributed by atoms with Crippen molar-refractivity contribution in [3.63, 3.8) is 0 Å². The van der Waals surface area contributed by atoms with Gasteiger partial charge in [-0.2, -0.15) is 0 Å². The Labute approximate surface area is 105 Å². The Morgan fingerprint density at radius 3 is 2.78 bits per heavy atom. The lowest BCUT2D eigenvalue weighted by atomic mass is 10.1. The molecule has 4 nitrogen and oxygen atoms in total. The van der Waals surface area contributed by atoms with Crippen molar-refractivity contribution >= 4 is 16.9 Å². The Hall–Kier alpha value is -2.10. The molecule has 2 aromatic rings. The van der Waals surface area contributed by atoms with Crippen molar-refractivity contribution in [1.82, 2.24) is 4.57 Å². The molecule has 0 fully saturated rings. The highest BCUT2D eigenvalue weighted by Crippen LogP contribution is 2.15. The van der Waals surface area contributed by atoms with Crippen LogP contribution in [0.25, 0.3) is 10.9 Å². The third-order valence-corrected chi connectivity index (χ3v) is 2.92. The highest BCUT2D eigenvalue weighted by atomic mass is 16.5. The number of rotatable bonds is 2. The van der Waals surface area contributed by atoms with Gasteiger partial charge < -0.3 is 9.30 Å².